The average molecular weight is 526 g/mol. The highest BCUT2D eigenvalue weighted by molar-refractivity contribution is 7.88. The molecule has 1 fully saturated rings. The number of pyridine rings is 1. The Morgan fingerprint density at radius 2 is 1.72 bits per heavy atom. The monoisotopic (exact) mass is 525 g/mol. The predicted molar refractivity (Wildman–Crippen MR) is 145 cm³/mol. The molecule has 0 radical (unpaired) electrons. The molecule has 1 atom stereocenters. The van der Waals surface area contributed by atoms with Crippen molar-refractivity contribution in [3.8, 4) is 0 Å². The van der Waals surface area contributed by atoms with Gasteiger partial charge >= 0.3 is 0 Å². The van der Waals surface area contributed by atoms with Crippen LogP contribution in [0.15, 0.2) is 65.9 Å². The van der Waals surface area contributed by atoms with Gasteiger partial charge in [0.05, 0.1) is 17.4 Å². The second-order valence-electron chi connectivity index (χ2n) is 9.64. The van der Waals surface area contributed by atoms with E-state index in [9.17, 15) is 13.6 Å². The summed E-state index contributed by atoms with van der Waals surface area (Å²) in [7, 11) is -3.16. The molecule has 3 aromatic rings. The van der Waals surface area contributed by atoms with Crippen LogP contribution in [-0.4, -0.2) is 48.0 Å². The zero-order valence-corrected chi connectivity index (χ0v) is 22.6. The van der Waals surface area contributed by atoms with Gasteiger partial charge in [0.15, 0.2) is 0 Å². The van der Waals surface area contributed by atoms with Gasteiger partial charge in [0.1, 0.15) is 0 Å². The SMILES string of the molecule is C/C(=N/O)[C@](c1ccc(C2CCN(S(C)(=O)=O)CC2)cc1)(c1ccnc(C)c1)c1ccc(Cl)cc1C. The highest BCUT2D eigenvalue weighted by Crippen LogP contribution is 2.43. The molecule has 36 heavy (non-hydrogen) atoms. The topological polar surface area (TPSA) is 82.9 Å². The zero-order chi connectivity index (χ0) is 26.1. The summed E-state index contributed by atoms with van der Waals surface area (Å²) >= 11 is 6.31. The van der Waals surface area contributed by atoms with Gasteiger partial charge in [-0.25, -0.2) is 12.7 Å². The molecule has 2 heterocycles. The fourth-order valence-electron chi connectivity index (χ4n) is 5.52. The largest absolute Gasteiger partial charge is 0.411 e. The standard InChI is InChI=1S/C28H32ClN3O3S/c1-19-17-26(29)9-10-27(19)28(21(3)31-33,25-11-14-30-20(2)18-25)24-7-5-22(6-8-24)23-12-15-32(16-13-23)36(4,34)35/h5-11,14,17-18,23,33H,12-13,15-16H2,1-4H3/b31-21-/t28-/m0/s1. The van der Waals surface area contributed by atoms with Crippen LogP contribution in [0.2, 0.25) is 5.02 Å². The van der Waals surface area contributed by atoms with Gasteiger partial charge in [-0.2, -0.15) is 0 Å². The maximum Gasteiger partial charge on any atom is 0.211 e. The normalized spacial score (nSPS) is 17.6. The number of aryl methyl sites for hydroxylation is 2. The Morgan fingerprint density at radius 1 is 1.06 bits per heavy atom. The minimum absolute atomic E-state index is 0.291. The van der Waals surface area contributed by atoms with Gasteiger partial charge < -0.3 is 5.21 Å². The average Bonchev–Trinajstić information content (AvgIpc) is 2.85. The number of halogens is 1. The van der Waals surface area contributed by atoms with Crippen LogP contribution in [0.25, 0.3) is 0 Å². The van der Waals surface area contributed by atoms with Gasteiger partial charge in [0.25, 0.3) is 0 Å². The van der Waals surface area contributed by atoms with Crippen molar-refractivity contribution >= 4 is 27.3 Å². The Bertz CT molecular complexity index is 1380. The number of oxime groups is 1. The second kappa shape index (κ2) is 10.3. The van der Waals surface area contributed by atoms with Crippen LogP contribution >= 0.6 is 11.6 Å². The molecule has 0 amide bonds. The van der Waals surface area contributed by atoms with Crippen molar-refractivity contribution in [3.05, 3.63) is 99.3 Å². The molecule has 2 aromatic carbocycles. The van der Waals surface area contributed by atoms with Crippen molar-refractivity contribution in [3.63, 3.8) is 0 Å². The predicted octanol–water partition coefficient (Wildman–Crippen LogP) is 5.68. The van der Waals surface area contributed by atoms with Crippen molar-refractivity contribution in [2.45, 2.75) is 44.9 Å². The van der Waals surface area contributed by atoms with Crippen molar-refractivity contribution in [1.29, 1.82) is 0 Å². The molecule has 0 bridgehead atoms. The first-order valence-corrected chi connectivity index (χ1v) is 14.2. The Balaban J connectivity index is 1.83. The lowest BCUT2D eigenvalue weighted by atomic mass is 9.65. The van der Waals surface area contributed by atoms with E-state index in [1.165, 1.54) is 11.8 Å². The number of aromatic nitrogens is 1. The zero-order valence-electron chi connectivity index (χ0n) is 21.1. The molecule has 0 saturated carbocycles. The summed E-state index contributed by atoms with van der Waals surface area (Å²) in [5.74, 6) is 0.291. The fourth-order valence-corrected chi connectivity index (χ4v) is 6.62. The summed E-state index contributed by atoms with van der Waals surface area (Å²) in [5.41, 5.74) is 5.60. The van der Waals surface area contributed by atoms with Gasteiger partial charge in [-0.3, -0.25) is 4.98 Å². The van der Waals surface area contributed by atoms with Crippen LogP contribution in [-0.2, 0) is 15.4 Å². The molecule has 1 N–H and O–H groups in total. The summed E-state index contributed by atoms with van der Waals surface area (Å²) in [6, 6.07) is 18.2. The lowest BCUT2D eigenvalue weighted by Crippen LogP contribution is -2.38. The quantitative estimate of drug-likeness (QED) is 0.255. The van der Waals surface area contributed by atoms with Gasteiger partial charge in [0, 0.05) is 30.0 Å². The van der Waals surface area contributed by atoms with Crippen molar-refractivity contribution in [2.24, 2.45) is 5.16 Å². The molecule has 6 nitrogen and oxygen atoms in total. The van der Waals surface area contributed by atoms with E-state index in [0.717, 1.165) is 40.8 Å². The first kappa shape index (κ1) is 26.3. The van der Waals surface area contributed by atoms with E-state index in [1.807, 2.05) is 51.1 Å². The molecule has 1 saturated heterocycles. The third kappa shape index (κ3) is 4.92. The van der Waals surface area contributed by atoms with E-state index in [0.29, 0.717) is 29.7 Å². The van der Waals surface area contributed by atoms with Gasteiger partial charge in [-0.05, 0) is 91.6 Å². The minimum Gasteiger partial charge on any atom is -0.411 e. The molecule has 1 aliphatic heterocycles. The van der Waals surface area contributed by atoms with Crippen LogP contribution in [0, 0.1) is 13.8 Å². The van der Waals surface area contributed by atoms with Gasteiger partial charge in [0.2, 0.25) is 10.0 Å². The van der Waals surface area contributed by atoms with Crippen LogP contribution in [0.3, 0.4) is 0 Å². The van der Waals surface area contributed by atoms with E-state index in [2.05, 4.69) is 34.4 Å². The van der Waals surface area contributed by atoms with E-state index in [-0.39, 0.29) is 0 Å². The maximum absolute atomic E-state index is 11.9. The van der Waals surface area contributed by atoms with Crippen molar-refractivity contribution in [2.75, 3.05) is 19.3 Å². The molecule has 0 spiro atoms. The van der Waals surface area contributed by atoms with Gasteiger partial charge in [-0.15, -0.1) is 0 Å². The van der Waals surface area contributed by atoms with Crippen molar-refractivity contribution < 1.29 is 13.6 Å². The number of piperidine rings is 1. The molecule has 1 aromatic heterocycles. The first-order chi connectivity index (χ1) is 17.1. The molecule has 8 heteroatoms. The number of sulfonamides is 1. The molecular formula is C28H32ClN3O3S. The number of nitrogens with zero attached hydrogens (tertiary/aromatic N) is 3. The Labute approximate surface area is 218 Å². The van der Waals surface area contributed by atoms with E-state index >= 15 is 0 Å². The Hall–Kier alpha value is -2.74. The molecule has 0 unspecified atom stereocenters. The van der Waals surface area contributed by atoms with Gasteiger partial charge in [-0.1, -0.05) is 47.1 Å². The third-order valence-electron chi connectivity index (χ3n) is 7.35. The molecule has 1 aliphatic rings. The molecular weight excluding hydrogens is 494 g/mol. The van der Waals surface area contributed by atoms with Crippen LogP contribution in [0.4, 0.5) is 0 Å². The lowest BCUT2D eigenvalue weighted by molar-refractivity contribution is 0.315. The summed E-state index contributed by atoms with van der Waals surface area (Å²) in [6.07, 6.45) is 4.62. The number of hydrogen-bond donors (Lipinski definition) is 1. The Kier molecular flexibility index (Phi) is 7.55. The van der Waals surface area contributed by atoms with E-state index < -0.39 is 15.4 Å². The fraction of sp³-hybridized carbons (Fsp3) is 0.357. The molecule has 0 aliphatic carbocycles. The second-order valence-corrected chi connectivity index (χ2v) is 12.1. The van der Waals surface area contributed by atoms with Crippen LogP contribution < -0.4 is 0 Å². The number of benzene rings is 2. The highest BCUT2D eigenvalue weighted by atomic mass is 35.5. The Morgan fingerprint density at radius 3 is 2.28 bits per heavy atom. The lowest BCUT2D eigenvalue weighted by Gasteiger charge is -2.37. The van der Waals surface area contributed by atoms with Crippen LogP contribution in [0.1, 0.15) is 59.2 Å². The van der Waals surface area contributed by atoms with E-state index in [4.69, 9.17) is 11.6 Å². The third-order valence-corrected chi connectivity index (χ3v) is 8.89. The summed E-state index contributed by atoms with van der Waals surface area (Å²) in [4.78, 5) is 4.39. The number of rotatable bonds is 6. The summed E-state index contributed by atoms with van der Waals surface area (Å²) in [5, 5.41) is 14.5. The molecule has 4 rings (SSSR count). The highest BCUT2D eigenvalue weighted by Gasteiger charge is 2.41. The summed E-state index contributed by atoms with van der Waals surface area (Å²) in [6.45, 7) is 6.86. The smallest absolute Gasteiger partial charge is 0.211 e. The summed E-state index contributed by atoms with van der Waals surface area (Å²) < 4.78 is 25.4. The minimum atomic E-state index is -3.16. The van der Waals surface area contributed by atoms with E-state index in [1.54, 1.807) is 10.5 Å². The van der Waals surface area contributed by atoms with Crippen LogP contribution in [0.5, 0.6) is 0 Å². The first-order valence-electron chi connectivity index (χ1n) is 12.0. The molecule has 190 valence electrons. The number of hydrogen-bond acceptors (Lipinski definition) is 5. The van der Waals surface area contributed by atoms with Crippen molar-refractivity contribution in [1.82, 2.24) is 9.29 Å². The maximum atomic E-state index is 11.9.